The molecular formula is C9H12BrNO2. The Morgan fingerprint density at radius 1 is 1.38 bits per heavy atom. The van der Waals surface area contributed by atoms with Crippen LogP contribution >= 0.6 is 15.9 Å². The Labute approximate surface area is 85.9 Å². The minimum Gasteiger partial charge on any atom is -0.478 e. The zero-order valence-corrected chi connectivity index (χ0v) is 8.83. The van der Waals surface area contributed by atoms with Gasteiger partial charge in [-0.2, -0.15) is 0 Å². The average Bonchev–Trinajstić information content (AvgIpc) is 2.15. The van der Waals surface area contributed by atoms with E-state index in [4.69, 9.17) is 9.84 Å². The van der Waals surface area contributed by atoms with Crippen molar-refractivity contribution < 1.29 is 9.84 Å². The summed E-state index contributed by atoms with van der Waals surface area (Å²) in [4.78, 5) is 4.04. The molecule has 3 nitrogen and oxygen atoms in total. The van der Waals surface area contributed by atoms with Crippen LogP contribution in [0.3, 0.4) is 0 Å². The van der Waals surface area contributed by atoms with E-state index in [0.717, 1.165) is 17.3 Å². The number of pyridine rings is 1. The molecule has 0 fully saturated rings. The van der Waals surface area contributed by atoms with Crippen molar-refractivity contribution >= 4 is 15.9 Å². The van der Waals surface area contributed by atoms with Gasteiger partial charge >= 0.3 is 0 Å². The molecule has 0 amide bonds. The van der Waals surface area contributed by atoms with Crippen molar-refractivity contribution in [1.82, 2.24) is 4.98 Å². The predicted octanol–water partition coefficient (Wildman–Crippen LogP) is 2.00. The fourth-order valence-electron chi connectivity index (χ4n) is 0.838. The van der Waals surface area contributed by atoms with Gasteiger partial charge in [0, 0.05) is 23.3 Å². The zero-order chi connectivity index (χ0) is 9.52. The Morgan fingerprint density at radius 3 is 2.85 bits per heavy atom. The van der Waals surface area contributed by atoms with Crippen LogP contribution in [-0.2, 0) is 0 Å². The lowest BCUT2D eigenvalue weighted by molar-refractivity contribution is 0.249. The molecule has 1 rings (SSSR count). The summed E-state index contributed by atoms with van der Waals surface area (Å²) in [5.74, 6) is 0.626. The lowest BCUT2D eigenvalue weighted by Gasteiger charge is -2.03. The fourth-order valence-corrected chi connectivity index (χ4v) is 1.07. The van der Waals surface area contributed by atoms with E-state index in [-0.39, 0.29) is 6.61 Å². The molecule has 1 aromatic heterocycles. The van der Waals surface area contributed by atoms with Gasteiger partial charge in [0.1, 0.15) is 0 Å². The summed E-state index contributed by atoms with van der Waals surface area (Å²) < 4.78 is 6.26. The number of nitrogens with zero attached hydrogens (tertiary/aromatic N) is 1. The van der Waals surface area contributed by atoms with Crippen molar-refractivity contribution in [2.24, 2.45) is 0 Å². The zero-order valence-electron chi connectivity index (χ0n) is 7.24. The quantitative estimate of drug-likeness (QED) is 0.808. The molecule has 0 atom stereocenters. The van der Waals surface area contributed by atoms with E-state index in [1.165, 1.54) is 0 Å². The Hall–Kier alpha value is -0.610. The van der Waals surface area contributed by atoms with Crippen molar-refractivity contribution in [2.75, 3.05) is 13.2 Å². The lowest BCUT2D eigenvalue weighted by atomic mass is 10.3. The summed E-state index contributed by atoms with van der Waals surface area (Å²) in [6, 6.07) is 3.69. The highest BCUT2D eigenvalue weighted by molar-refractivity contribution is 9.10. The topological polar surface area (TPSA) is 42.4 Å². The first-order valence-corrected chi connectivity index (χ1v) is 4.97. The standard InChI is InChI=1S/C9H12BrNO2/c10-8-3-4-9(11-7-8)13-6-2-1-5-12/h3-4,7,12H,1-2,5-6H2. The molecule has 0 saturated carbocycles. The van der Waals surface area contributed by atoms with Crippen LogP contribution in [0, 0.1) is 0 Å². The number of aromatic nitrogens is 1. The van der Waals surface area contributed by atoms with Crippen LogP contribution in [0.25, 0.3) is 0 Å². The molecule has 0 aliphatic heterocycles. The van der Waals surface area contributed by atoms with Gasteiger partial charge in [-0.25, -0.2) is 4.98 Å². The number of unbranched alkanes of at least 4 members (excludes halogenated alkanes) is 1. The number of hydrogen-bond acceptors (Lipinski definition) is 3. The highest BCUT2D eigenvalue weighted by Gasteiger charge is 1.94. The summed E-state index contributed by atoms with van der Waals surface area (Å²) in [6.07, 6.45) is 3.33. The summed E-state index contributed by atoms with van der Waals surface area (Å²) in [6.45, 7) is 0.826. The predicted molar refractivity (Wildman–Crippen MR) is 53.8 cm³/mol. The summed E-state index contributed by atoms with van der Waals surface area (Å²) in [5, 5.41) is 8.52. The minimum atomic E-state index is 0.219. The van der Waals surface area contributed by atoms with E-state index < -0.39 is 0 Å². The smallest absolute Gasteiger partial charge is 0.213 e. The molecule has 4 heteroatoms. The summed E-state index contributed by atoms with van der Waals surface area (Å²) >= 11 is 3.29. The highest BCUT2D eigenvalue weighted by atomic mass is 79.9. The van der Waals surface area contributed by atoms with Gasteiger partial charge in [-0.3, -0.25) is 0 Å². The van der Waals surface area contributed by atoms with Crippen LogP contribution in [0.15, 0.2) is 22.8 Å². The molecule has 0 aliphatic rings. The first-order valence-electron chi connectivity index (χ1n) is 4.18. The van der Waals surface area contributed by atoms with E-state index in [0.29, 0.717) is 12.5 Å². The van der Waals surface area contributed by atoms with Crippen LogP contribution < -0.4 is 4.74 Å². The molecular weight excluding hydrogens is 234 g/mol. The molecule has 0 bridgehead atoms. The van der Waals surface area contributed by atoms with Gasteiger partial charge < -0.3 is 9.84 Å². The number of aliphatic hydroxyl groups excluding tert-OH is 1. The van der Waals surface area contributed by atoms with Gasteiger partial charge in [0.05, 0.1) is 6.61 Å². The molecule has 0 unspecified atom stereocenters. The van der Waals surface area contributed by atoms with Crippen molar-refractivity contribution in [3.8, 4) is 5.88 Å². The van der Waals surface area contributed by atoms with Crippen molar-refractivity contribution in [3.63, 3.8) is 0 Å². The number of hydrogen-bond donors (Lipinski definition) is 1. The van der Waals surface area contributed by atoms with Crippen LogP contribution in [0.5, 0.6) is 5.88 Å². The van der Waals surface area contributed by atoms with E-state index >= 15 is 0 Å². The first-order chi connectivity index (χ1) is 6.33. The molecule has 1 N–H and O–H groups in total. The molecule has 0 spiro atoms. The van der Waals surface area contributed by atoms with Gasteiger partial charge in [-0.1, -0.05) is 0 Å². The van der Waals surface area contributed by atoms with Gasteiger partial charge in [-0.15, -0.1) is 0 Å². The second-order valence-electron chi connectivity index (χ2n) is 2.59. The van der Waals surface area contributed by atoms with Gasteiger partial charge in [0.15, 0.2) is 0 Å². The molecule has 0 aromatic carbocycles. The third kappa shape index (κ3) is 4.24. The third-order valence-electron chi connectivity index (χ3n) is 1.50. The number of rotatable bonds is 5. The van der Waals surface area contributed by atoms with Gasteiger partial charge in [-0.05, 0) is 34.8 Å². The fraction of sp³-hybridized carbons (Fsp3) is 0.444. The summed E-state index contributed by atoms with van der Waals surface area (Å²) in [7, 11) is 0. The lowest BCUT2D eigenvalue weighted by Crippen LogP contribution is -1.99. The monoisotopic (exact) mass is 245 g/mol. The van der Waals surface area contributed by atoms with Crippen LogP contribution in [-0.4, -0.2) is 23.3 Å². The van der Waals surface area contributed by atoms with E-state index in [1.807, 2.05) is 12.1 Å². The molecule has 72 valence electrons. The van der Waals surface area contributed by atoms with Gasteiger partial charge in [0.2, 0.25) is 5.88 Å². The largest absolute Gasteiger partial charge is 0.478 e. The van der Waals surface area contributed by atoms with Crippen LogP contribution in [0.2, 0.25) is 0 Å². The van der Waals surface area contributed by atoms with E-state index in [9.17, 15) is 0 Å². The second-order valence-corrected chi connectivity index (χ2v) is 3.51. The second kappa shape index (κ2) is 5.94. The highest BCUT2D eigenvalue weighted by Crippen LogP contribution is 2.12. The molecule has 1 aromatic rings. The van der Waals surface area contributed by atoms with Crippen molar-refractivity contribution in [2.45, 2.75) is 12.8 Å². The SMILES string of the molecule is OCCCCOc1ccc(Br)cn1. The first kappa shape index (κ1) is 10.5. The minimum absolute atomic E-state index is 0.219. The molecule has 13 heavy (non-hydrogen) atoms. The molecule has 0 saturated heterocycles. The number of ether oxygens (including phenoxy) is 1. The number of halogens is 1. The van der Waals surface area contributed by atoms with Crippen molar-refractivity contribution in [3.05, 3.63) is 22.8 Å². The normalized spacial score (nSPS) is 10.0. The van der Waals surface area contributed by atoms with E-state index in [2.05, 4.69) is 20.9 Å². The van der Waals surface area contributed by atoms with Crippen LogP contribution in [0.4, 0.5) is 0 Å². The Kier molecular flexibility index (Phi) is 4.78. The van der Waals surface area contributed by atoms with Gasteiger partial charge in [0.25, 0.3) is 0 Å². The average molecular weight is 246 g/mol. The maximum Gasteiger partial charge on any atom is 0.213 e. The molecule has 0 radical (unpaired) electrons. The van der Waals surface area contributed by atoms with Crippen molar-refractivity contribution in [1.29, 1.82) is 0 Å². The third-order valence-corrected chi connectivity index (χ3v) is 1.97. The Bertz CT molecular complexity index is 238. The maximum absolute atomic E-state index is 8.52. The Balaban J connectivity index is 2.25. The molecule has 1 heterocycles. The number of aliphatic hydroxyl groups is 1. The summed E-state index contributed by atoms with van der Waals surface area (Å²) in [5.41, 5.74) is 0. The van der Waals surface area contributed by atoms with E-state index in [1.54, 1.807) is 6.20 Å². The Morgan fingerprint density at radius 2 is 2.23 bits per heavy atom. The van der Waals surface area contributed by atoms with Crippen LogP contribution in [0.1, 0.15) is 12.8 Å². The maximum atomic E-state index is 8.52. The molecule has 0 aliphatic carbocycles.